The zero-order valence-corrected chi connectivity index (χ0v) is 18.2. The Kier molecular flexibility index (Phi) is 4.72. The number of imide groups is 1. The first-order chi connectivity index (χ1) is 14.1. The Labute approximate surface area is 177 Å². The summed E-state index contributed by atoms with van der Waals surface area (Å²) in [7, 11) is 1.66. The van der Waals surface area contributed by atoms with Gasteiger partial charge in [0, 0.05) is 5.56 Å². The molecular formula is C25H28N2O3. The predicted molar refractivity (Wildman–Crippen MR) is 118 cm³/mol. The normalized spacial score (nSPS) is 20.5. The number of nitrogens with one attached hydrogen (secondary N) is 2. The number of benzene rings is 2. The highest BCUT2D eigenvalue weighted by molar-refractivity contribution is 6.14. The lowest BCUT2D eigenvalue weighted by Gasteiger charge is -2.42. The molecule has 0 atom stereocenters. The molecule has 30 heavy (non-hydrogen) atoms. The number of methoxy groups -OCH3 is 1. The molecule has 2 aliphatic rings. The van der Waals surface area contributed by atoms with Crippen molar-refractivity contribution in [1.82, 2.24) is 10.6 Å². The SMILES string of the molecule is COc1ccc(/C=C2/NC(=O)NC2=O)cc1-c1ccc2c(c1)C(C)(C)CCC2(C)C. The van der Waals surface area contributed by atoms with Crippen LogP contribution in [0.3, 0.4) is 0 Å². The molecule has 1 fully saturated rings. The van der Waals surface area contributed by atoms with Crippen LogP contribution in [0.25, 0.3) is 17.2 Å². The van der Waals surface area contributed by atoms with Gasteiger partial charge in [-0.2, -0.15) is 0 Å². The lowest BCUT2D eigenvalue weighted by molar-refractivity contribution is -0.115. The van der Waals surface area contributed by atoms with E-state index < -0.39 is 11.9 Å². The highest BCUT2D eigenvalue weighted by Gasteiger charge is 2.37. The molecule has 0 unspecified atom stereocenters. The topological polar surface area (TPSA) is 67.4 Å². The maximum atomic E-state index is 11.9. The zero-order valence-electron chi connectivity index (χ0n) is 18.2. The monoisotopic (exact) mass is 404 g/mol. The van der Waals surface area contributed by atoms with E-state index in [2.05, 4.69) is 56.5 Å². The van der Waals surface area contributed by atoms with Crippen molar-refractivity contribution in [1.29, 1.82) is 0 Å². The van der Waals surface area contributed by atoms with Crippen LogP contribution in [0.5, 0.6) is 5.75 Å². The van der Waals surface area contributed by atoms with Gasteiger partial charge in [0.05, 0.1) is 7.11 Å². The minimum absolute atomic E-state index is 0.111. The Morgan fingerprint density at radius 2 is 1.60 bits per heavy atom. The molecule has 0 bridgehead atoms. The van der Waals surface area contributed by atoms with Crippen molar-refractivity contribution in [3.8, 4) is 16.9 Å². The Bertz CT molecular complexity index is 1080. The van der Waals surface area contributed by atoms with Crippen molar-refractivity contribution in [2.45, 2.75) is 51.4 Å². The number of carbonyl (C=O) groups excluding carboxylic acids is 2. The average Bonchev–Trinajstić information content (AvgIpc) is 3.02. The average molecular weight is 405 g/mol. The first-order valence-electron chi connectivity index (χ1n) is 10.3. The Morgan fingerprint density at radius 1 is 0.900 bits per heavy atom. The molecule has 0 aromatic heterocycles. The maximum Gasteiger partial charge on any atom is 0.326 e. The fourth-order valence-electron chi connectivity index (χ4n) is 4.45. The van der Waals surface area contributed by atoms with Gasteiger partial charge in [0.15, 0.2) is 0 Å². The number of ether oxygens (including phenoxy) is 1. The molecule has 1 heterocycles. The van der Waals surface area contributed by atoms with E-state index in [-0.39, 0.29) is 16.5 Å². The van der Waals surface area contributed by atoms with Crippen LogP contribution in [-0.4, -0.2) is 19.0 Å². The smallest absolute Gasteiger partial charge is 0.326 e. The molecular weight excluding hydrogens is 376 g/mol. The van der Waals surface area contributed by atoms with E-state index in [9.17, 15) is 9.59 Å². The predicted octanol–water partition coefficient (Wildman–Crippen LogP) is 4.89. The van der Waals surface area contributed by atoms with Gasteiger partial charge in [0.2, 0.25) is 0 Å². The first kappa shape index (κ1) is 20.2. The molecule has 1 aliphatic carbocycles. The maximum absolute atomic E-state index is 11.9. The molecule has 1 aliphatic heterocycles. The molecule has 0 saturated carbocycles. The van der Waals surface area contributed by atoms with Gasteiger partial charge >= 0.3 is 6.03 Å². The summed E-state index contributed by atoms with van der Waals surface area (Å²) >= 11 is 0. The minimum atomic E-state index is -0.500. The van der Waals surface area contributed by atoms with E-state index in [0.717, 1.165) is 28.9 Å². The van der Waals surface area contributed by atoms with E-state index in [0.29, 0.717) is 0 Å². The Balaban J connectivity index is 1.82. The molecule has 156 valence electrons. The molecule has 0 spiro atoms. The van der Waals surface area contributed by atoms with E-state index in [1.807, 2.05) is 18.2 Å². The van der Waals surface area contributed by atoms with Crippen molar-refractivity contribution in [2.24, 2.45) is 0 Å². The fourth-order valence-corrected chi connectivity index (χ4v) is 4.45. The van der Waals surface area contributed by atoms with Crippen molar-refractivity contribution >= 4 is 18.0 Å². The molecule has 0 radical (unpaired) electrons. The summed E-state index contributed by atoms with van der Waals surface area (Å²) in [5.74, 6) is 0.347. The number of rotatable bonds is 3. The van der Waals surface area contributed by atoms with Gasteiger partial charge in [-0.3, -0.25) is 10.1 Å². The highest BCUT2D eigenvalue weighted by Crippen LogP contribution is 2.47. The summed E-state index contributed by atoms with van der Waals surface area (Å²) in [6.07, 6.45) is 4.00. The van der Waals surface area contributed by atoms with Gasteiger partial charge in [0.25, 0.3) is 5.91 Å². The number of fused-ring (bicyclic) bond motifs is 1. The summed E-state index contributed by atoms with van der Waals surface area (Å²) in [6.45, 7) is 9.25. The molecule has 5 nitrogen and oxygen atoms in total. The van der Waals surface area contributed by atoms with Crippen molar-refractivity contribution in [3.63, 3.8) is 0 Å². The lowest BCUT2D eigenvalue weighted by atomic mass is 9.63. The fraction of sp³-hybridized carbons (Fsp3) is 0.360. The van der Waals surface area contributed by atoms with E-state index in [4.69, 9.17) is 4.74 Å². The molecule has 2 N–H and O–H groups in total. The number of amides is 3. The Morgan fingerprint density at radius 3 is 2.23 bits per heavy atom. The molecule has 4 rings (SSSR count). The van der Waals surface area contributed by atoms with Crippen molar-refractivity contribution < 1.29 is 14.3 Å². The molecule has 1 saturated heterocycles. The summed E-state index contributed by atoms with van der Waals surface area (Å²) in [6, 6.07) is 12.0. The van der Waals surface area contributed by atoms with Crippen LogP contribution < -0.4 is 15.4 Å². The van der Waals surface area contributed by atoms with Crippen molar-refractivity contribution in [3.05, 3.63) is 58.8 Å². The summed E-state index contributed by atoms with van der Waals surface area (Å²) in [4.78, 5) is 23.3. The van der Waals surface area contributed by atoms with E-state index >= 15 is 0 Å². The third kappa shape index (κ3) is 3.49. The van der Waals surface area contributed by atoms with Crippen LogP contribution in [0.1, 0.15) is 57.2 Å². The first-order valence-corrected chi connectivity index (χ1v) is 10.3. The van der Waals surface area contributed by atoms with Gasteiger partial charge in [0.1, 0.15) is 11.4 Å². The number of hydrogen-bond acceptors (Lipinski definition) is 3. The van der Waals surface area contributed by atoms with Crippen LogP contribution in [-0.2, 0) is 15.6 Å². The van der Waals surface area contributed by atoms with Gasteiger partial charge < -0.3 is 10.1 Å². The second kappa shape index (κ2) is 7.01. The quantitative estimate of drug-likeness (QED) is 0.565. The van der Waals surface area contributed by atoms with Crippen LogP contribution >= 0.6 is 0 Å². The second-order valence-electron chi connectivity index (χ2n) is 9.45. The van der Waals surface area contributed by atoms with Gasteiger partial charge in [-0.1, -0.05) is 52.0 Å². The van der Waals surface area contributed by atoms with Gasteiger partial charge in [-0.05, 0) is 64.1 Å². The third-order valence-electron chi connectivity index (χ3n) is 6.42. The Hall–Kier alpha value is -3.08. The van der Waals surface area contributed by atoms with Gasteiger partial charge in [-0.15, -0.1) is 0 Å². The minimum Gasteiger partial charge on any atom is -0.496 e. The molecule has 3 amide bonds. The standard InChI is InChI=1S/C25H28N2O3/c1-24(2)10-11-25(3,4)19-14-16(7-8-18(19)24)17-12-15(6-9-21(17)30-5)13-20-22(28)27-23(29)26-20/h6-9,12-14H,10-11H2,1-5H3,(H2,26,27,28,29)/b20-13+. The number of carbonyl (C=O) groups is 2. The van der Waals surface area contributed by atoms with Gasteiger partial charge in [-0.25, -0.2) is 4.79 Å². The number of hydrogen-bond donors (Lipinski definition) is 2. The van der Waals surface area contributed by atoms with Crippen LogP contribution in [0.2, 0.25) is 0 Å². The largest absolute Gasteiger partial charge is 0.496 e. The molecule has 2 aromatic carbocycles. The van der Waals surface area contributed by atoms with E-state index in [1.54, 1.807) is 13.2 Å². The van der Waals surface area contributed by atoms with E-state index in [1.165, 1.54) is 17.5 Å². The molecule has 2 aromatic rings. The van der Waals surface area contributed by atoms with Crippen LogP contribution in [0, 0.1) is 0 Å². The number of urea groups is 1. The highest BCUT2D eigenvalue weighted by atomic mass is 16.5. The zero-order chi connectivity index (χ0) is 21.7. The lowest BCUT2D eigenvalue weighted by Crippen LogP contribution is -2.33. The summed E-state index contributed by atoms with van der Waals surface area (Å²) in [5, 5.41) is 4.76. The second-order valence-corrected chi connectivity index (χ2v) is 9.45. The molecule has 5 heteroatoms. The summed E-state index contributed by atoms with van der Waals surface area (Å²) in [5.41, 5.74) is 6.15. The van der Waals surface area contributed by atoms with Crippen LogP contribution in [0.15, 0.2) is 42.1 Å². The summed E-state index contributed by atoms with van der Waals surface area (Å²) < 4.78 is 5.63. The van der Waals surface area contributed by atoms with Crippen molar-refractivity contribution in [2.75, 3.05) is 7.11 Å². The van der Waals surface area contributed by atoms with Crippen LogP contribution in [0.4, 0.5) is 4.79 Å². The third-order valence-corrected chi connectivity index (χ3v) is 6.42.